The number of amides is 1. The number of carbonyl (C=O) groups excluding carboxylic acids is 1. The van der Waals surface area contributed by atoms with Gasteiger partial charge < -0.3 is 15.6 Å². The van der Waals surface area contributed by atoms with E-state index in [1.54, 1.807) is 0 Å². The van der Waals surface area contributed by atoms with Gasteiger partial charge in [-0.3, -0.25) is 4.79 Å². The van der Waals surface area contributed by atoms with E-state index in [4.69, 9.17) is 5.73 Å². The Bertz CT molecular complexity index is 626. The summed E-state index contributed by atoms with van der Waals surface area (Å²) in [6, 6.07) is 8.48. The van der Waals surface area contributed by atoms with E-state index >= 15 is 0 Å². The van der Waals surface area contributed by atoms with Crippen molar-refractivity contribution in [2.45, 2.75) is 51.2 Å². The molecule has 112 valence electrons. The maximum absolute atomic E-state index is 12.3. The third-order valence-corrected chi connectivity index (χ3v) is 4.38. The summed E-state index contributed by atoms with van der Waals surface area (Å²) >= 11 is 0. The van der Waals surface area contributed by atoms with E-state index in [9.17, 15) is 4.79 Å². The number of nitrogens with two attached hydrogens (primary N) is 1. The number of benzene rings is 1. The van der Waals surface area contributed by atoms with Gasteiger partial charge in [0.1, 0.15) is 6.54 Å². The zero-order valence-corrected chi connectivity index (χ0v) is 12.3. The van der Waals surface area contributed by atoms with Crippen LogP contribution in [0, 0.1) is 0 Å². The van der Waals surface area contributed by atoms with Crippen LogP contribution in [-0.2, 0) is 17.9 Å². The number of rotatable bonds is 4. The molecule has 1 aliphatic rings. The third kappa shape index (κ3) is 3.10. The van der Waals surface area contributed by atoms with Crippen molar-refractivity contribution in [3.8, 4) is 0 Å². The Hall–Kier alpha value is -1.81. The molecule has 1 aromatic heterocycles. The zero-order chi connectivity index (χ0) is 14.7. The van der Waals surface area contributed by atoms with E-state index in [0.717, 1.165) is 29.3 Å². The predicted octanol–water partition coefficient (Wildman–Crippen LogP) is 2.55. The summed E-state index contributed by atoms with van der Waals surface area (Å²) in [6.45, 7) is 0.870. The van der Waals surface area contributed by atoms with Crippen LogP contribution < -0.4 is 11.1 Å². The molecular weight excluding hydrogens is 262 g/mol. The maximum atomic E-state index is 12.3. The first-order valence-electron chi connectivity index (χ1n) is 7.84. The summed E-state index contributed by atoms with van der Waals surface area (Å²) in [7, 11) is 0. The van der Waals surface area contributed by atoms with E-state index < -0.39 is 0 Å². The van der Waals surface area contributed by atoms with Crippen LogP contribution in [0.5, 0.6) is 0 Å². The highest BCUT2D eigenvalue weighted by atomic mass is 16.2. The molecule has 0 spiro atoms. The maximum Gasteiger partial charge on any atom is 0.240 e. The van der Waals surface area contributed by atoms with E-state index in [1.807, 2.05) is 29.0 Å². The number of carbonyl (C=O) groups is 1. The summed E-state index contributed by atoms with van der Waals surface area (Å²) in [4.78, 5) is 12.3. The molecule has 4 heteroatoms. The van der Waals surface area contributed by atoms with Gasteiger partial charge in [-0.15, -0.1) is 0 Å². The van der Waals surface area contributed by atoms with Gasteiger partial charge in [0.2, 0.25) is 5.91 Å². The molecule has 1 fully saturated rings. The Kier molecular flexibility index (Phi) is 4.25. The molecule has 0 atom stereocenters. The van der Waals surface area contributed by atoms with Crippen molar-refractivity contribution in [3.63, 3.8) is 0 Å². The molecule has 4 nitrogen and oxygen atoms in total. The lowest BCUT2D eigenvalue weighted by atomic mass is 9.95. The summed E-state index contributed by atoms with van der Waals surface area (Å²) < 4.78 is 2.01. The molecule has 21 heavy (non-hydrogen) atoms. The molecule has 1 amide bonds. The van der Waals surface area contributed by atoms with Crippen molar-refractivity contribution in [1.29, 1.82) is 0 Å². The van der Waals surface area contributed by atoms with Gasteiger partial charge in [-0.05, 0) is 24.5 Å². The van der Waals surface area contributed by atoms with Crippen LogP contribution in [0.2, 0.25) is 0 Å². The second-order valence-corrected chi connectivity index (χ2v) is 5.91. The van der Waals surface area contributed by atoms with Crippen molar-refractivity contribution in [2.24, 2.45) is 5.73 Å². The molecule has 3 rings (SSSR count). The normalized spacial score (nSPS) is 16.2. The summed E-state index contributed by atoms with van der Waals surface area (Å²) in [5.74, 6) is 0.103. The molecule has 1 aliphatic carbocycles. The minimum Gasteiger partial charge on any atom is -0.352 e. The monoisotopic (exact) mass is 285 g/mol. The summed E-state index contributed by atoms with van der Waals surface area (Å²) in [5, 5.41) is 4.31. The molecule has 1 heterocycles. The fourth-order valence-electron chi connectivity index (χ4n) is 3.29. The lowest BCUT2D eigenvalue weighted by molar-refractivity contribution is -0.122. The van der Waals surface area contributed by atoms with Crippen molar-refractivity contribution in [3.05, 3.63) is 36.0 Å². The van der Waals surface area contributed by atoms with Gasteiger partial charge in [0.15, 0.2) is 0 Å². The Morgan fingerprint density at radius 2 is 2.00 bits per heavy atom. The Labute approximate surface area is 125 Å². The largest absolute Gasteiger partial charge is 0.352 e. The highest BCUT2D eigenvalue weighted by Crippen LogP contribution is 2.21. The highest BCUT2D eigenvalue weighted by Gasteiger charge is 2.16. The topological polar surface area (TPSA) is 60.0 Å². The van der Waals surface area contributed by atoms with Gasteiger partial charge in [-0.25, -0.2) is 0 Å². The Morgan fingerprint density at radius 3 is 2.76 bits per heavy atom. The Morgan fingerprint density at radius 1 is 1.24 bits per heavy atom. The highest BCUT2D eigenvalue weighted by molar-refractivity contribution is 5.86. The van der Waals surface area contributed by atoms with E-state index in [2.05, 4.69) is 11.4 Å². The van der Waals surface area contributed by atoms with E-state index in [-0.39, 0.29) is 5.91 Å². The third-order valence-electron chi connectivity index (χ3n) is 4.38. The number of aromatic nitrogens is 1. The van der Waals surface area contributed by atoms with Gasteiger partial charge in [0, 0.05) is 29.7 Å². The molecular formula is C17H23N3O. The SMILES string of the molecule is NCc1cn(CC(=O)NC2CCCCC2)c2ccccc12. The average molecular weight is 285 g/mol. The van der Waals surface area contributed by atoms with Crippen molar-refractivity contribution < 1.29 is 4.79 Å². The molecule has 3 N–H and O–H groups in total. The first-order chi connectivity index (χ1) is 10.3. The number of nitrogens with one attached hydrogen (secondary N) is 1. The fourth-order valence-corrected chi connectivity index (χ4v) is 3.29. The van der Waals surface area contributed by atoms with Gasteiger partial charge in [-0.2, -0.15) is 0 Å². The van der Waals surface area contributed by atoms with Crippen LogP contribution >= 0.6 is 0 Å². The molecule has 1 saturated carbocycles. The van der Waals surface area contributed by atoms with Gasteiger partial charge in [-0.1, -0.05) is 37.5 Å². The number of fused-ring (bicyclic) bond motifs is 1. The smallest absolute Gasteiger partial charge is 0.240 e. The molecule has 1 aromatic carbocycles. The van der Waals surface area contributed by atoms with Crippen LogP contribution in [-0.4, -0.2) is 16.5 Å². The number of nitrogens with zero attached hydrogens (tertiary/aromatic N) is 1. The fraction of sp³-hybridized carbons (Fsp3) is 0.471. The lowest BCUT2D eigenvalue weighted by Crippen LogP contribution is -2.38. The summed E-state index contributed by atoms with van der Waals surface area (Å²) in [6.07, 6.45) is 8.00. The summed E-state index contributed by atoms with van der Waals surface area (Å²) in [5.41, 5.74) is 7.97. The first-order valence-corrected chi connectivity index (χ1v) is 7.84. The Balaban J connectivity index is 1.73. The van der Waals surface area contributed by atoms with Crippen LogP contribution in [0.25, 0.3) is 10.9 Å². The first kappa shape index (κ1) is 14.1. The number of hydrogen-bond donors (Lipinski definition) is 2. The number of para-hydroxylation sites is 1. The van der Waals surface area contributed by atoms with Crippen molar-refractivity contribution >= 4 is 16.8 Å². The average Bonchev–Trinajstić information content (AvgIpc) is 2.86. The minimum absolute atomic E-state index is 0.103. The molecule has 0 bridgehead atoms. The second kappa shape index (κ2) is 6.31. The molecule has 2 aromatic rings. The molecule has 0 saturated heterocycles. The minimum atomic E-state index is 0.103. The van der Waals surface area contributed by atoms with Gasteiger partial charge >= 0.3 is 0 Å². The molecule has 0 aliphatic heterocycles. The van der Waals surface area contributed by atoms with Gasteiger partial charge in [0.05, 0.1) is 0 Å². The molecule has 0 radical (unpaired) electrons. The van der Waals surface area contributed by atoms with Crippen LogP contribution in [0.3, 0.4) is 0 Å². The zero-order valence-electron chi connectivity index (χ0n) is 12.3. The van der Waals surface area contributed by atoms with Gasteiger partial charge in [0.25, 0.3) is 0 Å². The lowest BCUT2D eigenvalue weighted by Gasteiger charge is -2.22. The van der Waals surface area contributed by atoms with Crippen LogP contribution in [0.1, 0.15) is 37.7 Å². The van der Waals surface area contributed by atoms with Crippen LogP contribution in [0.15, 0.2) is 30.5 Å². The number of hydrogen-bond acceptors (Lipinski definition) is 2. The standard InChI is InChI=1S/C17H23N3O/c18-10-13-11-20(16-9-5-4-8-15(13)16)12-17(21)19-14-6-2-1-3-7-14/h4-5,8-9,11,14H,1-3,6-7,10,12,18H2,(H,19,21). The quantitative estimate of drug-likeness (QED) is 0.907. The second-order valence-electron chi connectivity index (χ2n) is 5.91. The van der Waals surface area contributed by atoms with Crippen LogP contribution in [0.4, 0.5) is 0 Å². The van der Waals surface area contributed by atoms with E-state index in [1.165, 1.54) is 19.3 Å². The van der Waals surface area contributed by atoms with Crippen molar-refractivity contribution in [1.82, 2.24) is 9.88 Å². The molecule has 0 unspecified atom stereocenters. The van der Waals surface area contributed by atoms with E-state index in [0.29, 0.717) is 19.1 Å². The van der Waals surface area contributed by atoms with Crippen molar-refractivity contribution in [2.75, 3.05) is 0 Å². The predicted molar refractivity (Wildman–Crippen MR) is 84.8 cm³/mol.